The Balaban J connectivity index is 2.44. The largest absolute Gasteiger partial charge is 0.299 e. The molecule has 1 saturated carbocycles. The molecule has 9 heavy (non-hydrogen) atoms. The van der Waals surface area contributed by atoms with E-state index in [1.165, 1.54) is 0 Å². The summed E-state index contributed by atoms with van der Waals surface area (Å²) in [5.74, 6) is 0.192. The van der Waals surface area contributed by atoms with Gasteiger partial charge in [-0.3, -0.25) is 4.79 Å². The lowest BCUT2D eigenvalue weighted by molar-refractivity contribution is -0.125. The number of carbonyl (C=O) groups excluding carboxylic acids is 1. The predicted octanol–water partition coefficient (Wildman–Crippen LogP) is 1.71. The third-order valence-corrected chi connectivity index (χ3v) is 1.86. The lowest BCUT2D eigenvalue weighted by Crippen LogP contribution is -2.22. The molecule has 0 heterocycles. The van der Waals surface area contributed by atoms with Gasteiger partial charge in [-0.25, -0.2) is 4.39 Å². The van der Waals surface area contributed by atoms with Crippen molar-refractivity contribution < 1.29 is 9.18 Å². The zero-order valence-corrected chi connectivity index (χ0v) is 5.56. The summed E-state index contributed by atoms with van der Waals surface area (Å²) in [6.45, 7) is 1.80. The van der Waals surface area contributed by atoms with Crippen molar-refractivity contribution >= 4 is 5.78 Å². The molecule has 2 unspecified atom stereocenters. The van der Waals surface area contributed by atoms with Crippen LogP contribution in [-0.2, 0) is 4.79 Å². The highest BCUT2D eigenvalue weighted by atomic mass is 19.1. The Hall–Kier alpha value is -0.400. The van der Waals surface area contributed by atoms with Crippen molar-refractivity contribution in [1.82, 2.24) is 0 Å². The van der Waals surface area contributed by atoms with Crippen molar-refractivity contribution in [2.24, 2.45) is 5.92 Å². The topological polar surface area (TPSA) is 17.1 Å². The Morgan fingerprint density at radius 3 is 2.78 bits per heavy atom. The highest BCUT2D eigenvalue weighted by Crippen LogP contribution is 2.22. The number of carbonyl (C=O) groups is 1. The van der Waals surface area contributed by atoms with Crippen LogP contribution in [0.3, 0.4) is 0 Å². The van der Waals surface area contributed by atoms with Crippen LogP contribution in [0.25, 0.3) is 0 Å². The second-order valence-electron chi connectivity index (χ2n) is 2.74. The Labute approximate surface area is 54.3 Å². The van der Waals surface area contributed by atoms with Gasteiger partial charge in [0.15, 0.2) is 0 Å². The Kier molecular flexibility index (Phi) is 1.84. The van der Waals surface area contributed by atoms with Crippen molar-refractivity contribution in [3.05, 3.63) is 0 Å². The summed E-state index contributed by atoms with van der Waals surface area (Å²) in [5.41, 5.74) is 0. The molecule has 0 aromatic carbocycles. The first-order valence-electron chi connectivity index (χ1n) is 3.37. The lowest BCUT2D eigenvalue weighted by atomic mass is 9.88. The van der Waals surface area contributed by atoms with Crippen molar-refractivity contribution in [2.45, 2.75) is 32.4 Å². The van der Waals surface area contributed by atoms with Gasteiger partial charge in [0.2, 0.25) is 0 Å². The van der Waals surface area contributed by atoms with E-state index in [2.05, 4.69) is 0 Å². The van der Waals surface area contributed by atoms with E-state index >= 15 is 0 Å². The minimum absolute atomic E-state index is 0.0336. The molecule has 1 aliphatic rings. The molecule has 0 aromatic rings. The third kappa shape index (κ3) is 1.50. The first kappa shape index (κ1) is 6.72. The number of ketones is 1. The molecule has 1 aliphatic carbocycles. The van der Waals surface area contributed by atoms with Gasteiger partial charge in [0.05, 0.1) is 0 Å². The lowest BCUT2D eigenvalue weighted by Gasteiger charge is -2.19. The second-order valence-corrected chi connectivity index (χ2v) is 2.74. The Morgan fingerprint density at radius 2 is 2.33 bits per heavy atom. The highest BCUT2D eigenvalue weighted by Gasteiger charge is 2.24. The molecule has 0 aliphatic heterocycles. The van der Waals surface area contributed by atoms with Gasteiger partial charge in [-0.1, -0.05) is 6.92 Å². The molecule has 52 valence electrons. The van der Waals surface area contributed by atoms with E-state index in [-0.39, 0.29) is 11.7 Å². The summed E-state index contributed by atoms with van der Waals surface area (Å²) >= 11 is 0. The third-order valence-electron chi connectivity index (χ3n) is 1.86. The van der Waals surface area contributed by atoms with Gasteiger partial charge in [0.25, 0.3) is 0 Å². The van der Waals surface area contributed by atoms with Crippen LogP contribution in [0.1, 0.15) is 26.2 Å². The van der Waals surface area contributed by atoms with E-state index < -0.39 is 6.17 Å². The molecule has 1 rings (SSSR count). The molecule has 0 radical (unpaired) electrons. The summed E-state index contributed by atoms with van der Waals surface area (Å²) in [6, 6.07) is 0. The van der Waals surface area contributed by atoms with Gasteiger partial charge >= 0.3 is 0 Å². The average molecular weight is 130 g/mol. The second kappa shape index (κ2) is 2.46. The fourth-order valence-corrected chi connectivity index (χ4v) is 1.18. The van der Waals surface area contributed by atoms with Crippen LogP contribution in [-0.4, -0.2) is 12.0 Å². The quantitative estimate of drug-likeness (QED) is 0.488. The molecule has 2 heteroatoms. The van der Waals surface area contributed by atoms with E-state index in [4.69, 9.17) is 0 Å². The first-order chi connectivity index (χ1) is 4.20. The van der Waals surface area contributed by atoms with Crippen LogP contribution in [0.15, 0.2) is 0 Å². The molecular formula is C7H11FO. The van der Waals surface area contributed by atoms with Crippen molar-refractivity contribution in [3.8, 4) is 0 Å². The monoisotopic (exact) mass is 130 g/mol. The fourth-order valence-electron chi connectivity index (χ4n) is 1.18. The standard InChI is InChI=1S/C7H11FO/c1-5-4-6(8)2-3-7(5)9/h5-6H,2-4H2,1H3. The normalized spacial score (nSPS) is 36.9. The Morgan fingerprint density at radius 1 is 1.67 bits per heavy atom. The molecule has 0 aromatic heterocycles. The zero-order valence-electron chi connectivity index (χ0n) is 5.56. The minimum Gasteiger partial charge on any atom is -0.299 e. The molecule has 2 atom stereocenters. The summed E-state index contributed by atoms with van der Waals surface area (Å²) < 4.78 is 12.5. The molecule has 1 nitrogen and oxygen atoms in total. The summed E-state index contributed by atoms with van der Waals surface area (Å²) in [4.78, 5) is 10.8. The van der Waals surface area contributed by atoms with E-state index in [0.29, 0.717) is 19.3 Å². The van der Waals surface area contributed by atoms with Crippen molar-refractivity contribution in [1.29, 1.82) is 0 Å². The SMILES string of the molecule is CC1CC(F)CCC1=O. The van der Waals surface area contributed by atoms with Gasteiger partial charge in [-0.05, 0) is 12.8 Å². The van der Waals surface area contributed by atoms with Crippen molar-refractivity contribution in [3.63, 3.8) is 0 Å². The highest BCUT2D eigenvalue weighted by molar-refractivity contribution is 5.81. The zero-order chi connectivity index (χ0) is 6.85. The number of Topliss-reactive ketones (excluding diaryl/α,β-unsaturated/α-hetero) is 1. The van der Waals surface area contributed by atoms with Crippen LogP contribution in [0.4, 0.5) is 4.39 Å². The van der Waals surface area contributed by atoms with E-state index in [9.17, 15) is 9.18 Å². The molecule has 0 spiro atoms. The maximum Gasteiger partial charge on any atom is 0.135 e. The predicted molar refractivity (Wildman–Crippen MR) is 32.9 cm³/mol. The molecule has 0 bridgehead atoms. The van der Waals surface area contributed by atoms with Gasteiger partial charge in [-0.2, -0.15) is 0 Å². The molecule has 0 N–H and O–H groups in total. The van der Waals surface area contributed by atoms with Gasteiger partial charge < -0.3 is 0 Å². The molecule has 0 amide bonds. The van der Waals surface area contributed by atoms with Gasteiger partial charge in [-0.15, -0.1) is 0 Å². The maximum absolute atomic E-state index is 12.5. The van der Waals surface area contributed by atoms with Crippen molar-refractivity contribution in [2.75, 3.05) is 0 Å². The number of hydrogen-bond acceptors (Lipinski definition) is 1. The molecule has 1 fully saturated rings. The summed E-state index contributed by atoms with van der Waals surface area (Å²) in [5, 5.41) is 0. The van der Waals surface area contributed by atoms with Crippen LogP contribution in [0.2, 0.25) is 0 Å². The fraction of sp³-hybridized carbons (Fsp3) is 0.857. The van der Waals surface area contributed by atoms with Crippen LogP contribution < -0.4 is 0 Å². The van der Waals surface area contributed by atoms with E-state index in [1.807, 2.05) is 0 Å². The van der Waals surface area contributed by atoms with E-state index in [1.54, 1.807) is 6.92 Å². The first-order valence-corrected chi connectivity index (χ1v) is 3.37. The van der Waals surface area contributed by atoms with Gasteiger partial charge in [0.1, 0.15) is 12.0 Å². The maximum atomic E-state index is 12.5. The Bertz CT molecular complexity index is 122. The van der Waals surface area contributed by atoms with Crippen LogP contribution in [0, 0.1) is 5.92 Å². The van der Waals surface area contributed by atoms with E-state index in [0.717, 1.165) is 0 Å². The molecule has 0 saturated heterocycles. The number of halogens is 1. The summed E-state index contributed by atoms with van der Waals surface area (Å²) in [7, 11) is 0. The minimum atomic E-state index is -0.724. The smallest absolute Gasteiger partial charge is 0.135 e. The van der Waals surface area contributed by atoms with Crippen LogP contribution >= 0.6 is 0 Å². The molecular weight excluding hydrogens is 119 g/mol. The van der Waals surface area contributed by atoms with Crippen LogP contribution in [0.5, 0.6) is 0 Å². The number of alkyl halides is 1. The number of hydrogen-bond donors (Lipinski definition) is 0. The van der Waals surface area contributed by atoms with Gasteiger partial charge in [0, 0.05) is 12.3 Å². The number of rotatable bonds is 0. The average Bonchev–Trinajstić information content (AvgIpc) is 1.80. The summed E-state index contributed by atoms with van der Waals surface area (Å²) in [6.07, 6.45) is 0.613.